The lowest BCUT2D eigenvalue weighted by atomic mass is 10.2. The van der Waals surface area contributed by atoms with Crippen LogP contribution in [0.3, 0.4) is 0 Å². The van der Waals surface area contributed by atoms with Gasteiger partial charge in [-0.25, -0.2) is 0 Å². The number of tetrazole rings is 1. The molecule has 0 aliphatic rings. The minimum atomic E-state index is 0.313. The molecule has 0 amide bonds. The molecule has 0 aliphatic carbocycles. The Morgan fingerprint density at radius 2 is 2.27 bits per heavy atom. The first-order chi connectivity index (χ1) is 7.22. The standard InChI is InChI=1S/C9H10BrN5/c1-6-2-3-8(7(10)4-6)15-9(5-11)12-13-14-15/h2-4H,5,11H2,1H3. The van der Waals surface area contributed by atoms with Crippen LogP contribution >= 0.6 is 15.9 Å². The van der Waals surface area contributed by atoms with Gasteiger partial charge in [-0.2, -0.15) is 4.68 Å². The zero-order valence-corrected chi connectivity index (χ0v) is 9.77. The highest BCUT2D eigenvalue weighted by molar-refractivity contribution is 9.10. The van der Waals surface area contributed by atoms with Crippen molar-refractivity contribution in [3.63, 3.8) is 0 Å². The van der Waals surface area contributed by atoms with Crippen molar-refractivity contribution in [1.82, 2.24) is 20.2 Å². The predicted octanol–water partition coefficient (Wildman–Crippen LogP) is 1.19. The van der Waals surface area contributed by atoms with Crippen molar-refractivity contribution in [2.45, 2.75) is 13.5 Å². The summed E-state index contributed by atoms with van der Waals surface area (Å²) in [7, 11) is 0. The molecule has 2 rings (SSSR count). The molecule has 2 aromatic rings. The second-order valence-corrected chi connectivity index (χ2v) is 4.02. The second-order valence-electron chi connectivity index (χ2n) is 3.17. The van der Waals surface area contributed by atoms with Gasteiger partial charge in [0.25, 0.3) is 0 Å². The molecule has 0 unspecified atom stereocenters. The van der Waals surface area contributed by atoms with Crippen LogP contribution in [-0.4, -0.2) is 20.2 Å². The normalized spacial score (nSPS) is 10.6. The van der Waals surface area contributed by atoms with Crippen LogP contribution in [0.4, 0.5) is 0 Å². The average molecular weight is 268 g/mol. The van der Waals surface area contributed by atoms with Gasteiger partial charge in [0.2, 0.25) is 0 Å². The number of halogens is 1. The number of hydrogen-bond acceptors (Lipinski definition) is 4. The Kier molecular flexibility index (Phi) is 2.79. The Morgan fingerprint density at radius 3 is 2.93 bits per heavy atom. The number of nitrogens with two attached hydrogens (primary N) is 1. The molecule has 1 heterocycles. The Bertz CT molecular complexity index is 479. The van der Waals surface area contributed by atoms with Crippen molar-refractivity contribution in [2.75, 3.05) is 0 Å². The van der Waals surface area contributed by atoms with Gasteiger partial charge in [0.1, 0.15) is 0 Å². The van der Waals surface area contributed by atoms with Crippen LogP contribution in [0, 0.1) is 6.92 Å². The number of hydrogen-bond donors (Lipinski definition) is 1. The van der Waals surface area contributed by atoms with Crippen molar-refractivity contribution in [3.8, 4) is 5.69 Å². The molecule has 0 saturated carbocycles. The Hall–Kier alpha value is -1.27. The zero-order chi connectivity index (χ0) is 10.8. The fourth-order valence-electron chi connectivity index (χ4n) is 1.30. The van der Waals surface area contributed by atoms with Crippen molar-refractivity contribution in [1.29, 1.82) is 0 Å². The summed E-state index contributed by atoms with van der Waals surface area (Å²) >= 11 is 3.47. The summed E-state index contributed by atoms with van der Waals surface area (Å²) in [5, 5.41) is 11.3. The van der Waals surface area contributed by atoms with E-state index in [1.807, 2.05) is 25.1 Å². The molecule has 0 spiro atoms. The van der Waals surface area contributed by atoms with E-state index in [4.69, 9.17) is 5.73 Å². The largest absolute Gasteiger partial charge is 0.324 e. The molecule has 1 aromatic heterocycles. The van der Waals surface area contributed by atoms with Crippen LogP contribution < -0.4 is 5.73 Å². The summed E-state index contributed by atoms with van der Waals surface area (Å²) in [4.78, 5) is 0. The summed E-state index contributed by atoms with van der Waals surface area (Å²) in [5.74, 6) is 0.638. The molecule has 0 fully saturated rings. The van der Waals surface area contributed by atoms with E-state index in [-0.39, 0.29) is 0 Å². The van der Waals surface area contributed by atoms with E-state index in [0.717, 1.165) is 10.2 Å². The van der Waals surface area contributed by atoms with Gasteiger partial charge in [-0.15, -0.1) is 5.10 Å². The zero-order valence-electron chi connectivity index (χ0n) is 8.18. The lowest BCUT2D eigenvalue weighted by Gasteiger charge is -2.06. The summed E-state index contributed by atoms with van der Waals surface area (Å²) in [6.07, 6.45) is 0. The number of aromatic nitrogens is 4. The Morgan fingerprint density at radius 1 is 1.47 bits per heavy atom. The highest BCUT2D eigenvalue weighted by atomic mass is 79.9. The number of benzene rings is 1. The van der Waals surface area contributed by atoms with Crippen LogP contribution in [0.15, 0.2) is 22.7 Å². The molecular formula is C9H10BrN5. The van der Waals surface area contributed by atoms with Gasteiger partial charge < -0.3 is 5.73 Å². The third-order valence-electron chi connectivity index (χ3n) is 2.05. The Balaban J connectivity index is 2.54. The average Bonchev–Trinajstić information content (AvgIpc) is 2.65. The number of nitrogens with zero attached hydrogens (tertiary/aromatic N) is 4. The van der Waals surface area contributed by atoms with Crippen LogP contribution in [0.25, 0.3) is 5.69 Å². The van der Waals surface area contributed by atoms with E-state index >= 15 is 0 Å². The van der Waals surface area contributed by atoms with Crippen LogP contribution in [-0.2, 0) is 6.54 Å². The second kappa shape index (κ2) is 4.08. The van der Waals surface area contributed by atoms with E-state index in [1.165, 1.54) is 5.56 Å². The molecule has 15 heavy (non-hydrogen) atoms. The molecule has 6 heteroatoms. The molecular weight excluding hydrogens is 258 g/mol. The van der Waals surface area contributed by atoms with Gasteiger partial charge in [0, 0.05) is 4.47 Å². The molecule has 0 aliphatic heterocycles. The Labute approximate surface area is 95.4 Å². The van der Waals surface area contributed by atoms with E-state index in [2.05, 4.69) is 31.5 Å². The SMILES string of the molecule is Cc1ccc(-n2nnnc2CN)c(Br)c1. The van der Waals surface area contributed by atoms with E-state index in [0.29, 0.717) is 12.4 Å². The third-order valence-corrected chi connectivity index (χ3v) is 2.68. The van der Waals surface area contributed by atoms with E-state index in [9.17, 15) is 0 Å². The van der Waals surface area contributed by atoms with Gasteiger partial charge in [0.15, 0.2) is 5.82 Å². The summed E-state index contributed by atoms with van der Waals surface area (Å²) < 4.78 is 2.58. The van der Waals surface area contributed by atoms with Crippen molar-refractivity contribution < 1.29 is 0 Å². The quantitative estimate of drug-likeness (QED) is 0.888. The topological polar surface area (TPSA) is 69.6 Å². The van der Waals surface area contributed by atoms with Crippen LogP contribution in [0.5, 0.6) is 0 Å². The minimum absolute atomic E-state index is 0.313. The molecule has 78 valence electrons. The lowest BCUT2D eigenvalue weighted by molar-refractivity contribution is 0.758. The van der Waals surface area contributed by atoms with E-state index in [1.54, 1.807) is 4.68 Å². The number of rotatable bonds is 2. The summed E-state index contributed by atoms with van der Waals surface area (Å²) in [6.45, 7) is 2.34. The van der Waals surface area contributed by atoms with Gasteiger partial charge >= 0.3 is 0 Å². The van der Waals surface area contributed by atoms with E-state index < -0.39 is 0 Å². The molecule has 0 radical (unpaired) electrons. The summed E-state index contributed by atoms with van der Waals surface area (Å²) in [5.41, 5.74) is 7.60. The maximum atomic E-state index is 5.53. The van der Waals surface area contributed by atoms with Crippen LogP contribution in [0.1, 0.15) is 11.4 Å². The van der Waals surface area contributed by atoms with Crippen molar-refractivity contribution in [2.24, 2.45) is 5.73 Å². The summed E-state index contributed by atoms with van der Waals surface area (Å²) in [6, 6.07) is 5.97. The highest BCUT2D eigenvalue weighted by Crippen LogP contribution is 2.21. The molecule has 0 atom stereocenters. The number of aryl methyl sites for hydroxylation is 1. The molecule has 2 N–H and O–H groups in total. The monoisotopic (exact) mass is 267 g/mol. The maximum Gasteiger partial charge on any atom is 0.170 e. The maximum absolute atomic E-state index is 5.53. The molecule has 0 bridgehead atoms. The van der Waals surface area contributed by atoms with Gasteiger partial charge in [-0.05, 0) is 51.0 Å². The van der Waals surface area contributed by atoms with Gasteiger partial charge in [-0.3, -0.25) is 0 Å². The molecule has 5 nitrogen and oxygen atoms in total. The predicted molar refractivity (Wildman–Crippen MR) is 59.5 cm³/mol. The first-order valence-corrected chi connectivity index (χ1v) is 5.25. The fraction of sp³-hybridized carbons (Fsp3) is 0.222. The van der Waals surface area contributed by atoms with Crippen molar-refractivity contribution in [3.05, 3.63) is 34.1 Å². The van der Waals surface area contributed by atoms with Crippen molar-refractivity contribution >= 4 is 15.9 Å². The van der Waals surface area contributed by atoms with Gasteiger partial charge in [-0.1, -0.05) is 6.07 Å². The molecule has 0 saturated heterocycles. The van der Waals surface area contributed by atoms with Crippen LogP contribution in [0.2, 0.25) is 0 Å². The smallest absolute Gasteiger partial charge is 0.170 e. The first-order valence-electron chi connectivity index (χ1n) is 4.46. The highest BCUT2D eigenvalue weighted by Gasteiger charge is 2.09. The third kappa shape index (κ3) is 1.91. The first kappa shape index (κ1) is 10.3. The lowest BCUT2D eigenvalue weighted by Crippen LogP contribution is -2.08. The fourth-order valence-corrected chi connectivity index (χ4v) is 1.97. The van der Waals surface area contributed by atoms with Gasteiger partial charge in [0.05, 0.1) is 12.2 Å². The molecule has 1 aromatic carbocycles. The minimum Gasteiger partial charge on any atom is -0.324 e.